The highest BCUT2D eigenvalue weighted by molar-refractivity contribution is 6.30. The van der Waals surface area contributed by atoms with Crippen molar-refractivity contribution in [2.24, 2.45) is 0 Å². The summed E-state index contributed by atoms with van der Waals surface area (Å²) in [7, 11) is 0. The van der Waals surface area contributed by atoms with Gasteiger partial charge in [-0.25, -0.2) is 0 Å². The summed E-state index contributed by atoms with van der Waals surface area (Å²) in [5.41, 5.74) is 3.49. The maximum atomic E-state index is 13.0. The van der Waals surface area contributed by atoms with Gasteiger partial charge in [0.2, 0.25) is 0 Å². The molecule has 3 aromatic carbocycles. The zero-order valence-electron chi connectivity index (χ0n) is 17.6. The summed E-state index contributed by atoms with van der Waals surface area (Å²) in [5, 5.41) is 0.673. The van der Waals surface area contributed by atoms with Gasteiger partial charge in [-0.1, -0.05) is 66.2 Å². The lowest BCUT2D eigenvalue weighted by atomic mass is 9.97. The summed E-state index contributed by atoms with van der Waals surface area (Å²) in [5.74, 6) is 0.0172. The van der Waals surface area contributed by atoms with Gasteiger partial charge in [0, 0.05) is 23.7 Å². The normalized spacial score (nSPS) is 14.4. The lowest BCUT2D eigenvalue weighted by Crippen LogP contribution is -2.33. The predicted octanol–water partition coefficient (Wildman–Crippen LogP) is 7.42. The van der Waals surface area contributed by atoms with Crippen molar-refractivity contribution in [1.82, 2.24) is 4.90 Å². The Kier molecular flexibility index (Phi) is 8.01. The Hall–Kier alpha value is -2.60. The number of halogens is 5. The molecule has 0 aromatic heterocycles. The fourth-order valence-electron chi connectivity index (χ4n) is 3.80. The van der Waals surface area contributed by atoms with Gasteiger partial charge in [-0.3, -0.25) is 9.69 Å². The van der Waals surface area contributed by atoms with E-state index in [-0.39, 0.29) is 24.7 Å². The second-order valence-electron chi connectivity index (χ2n) is 7.80. The number of hydrogen-bond acceptors (Lipinski definition) is 2. The molecule has 1 heterocycles. The van der Waals surface area contributed by atoms with Crippen LogP contribution in [-0.4, -0.2) is 30.3 Å². The van der Waals surface area contributed by atoms with Gasteiger partial charge >= 0.3 is 6.18 Å². The molecule has 0 saturated heterocycles. The highest BCUT2D eigenvalue weighted by Crippen LogP contribution is 2.32. The SMILES string of the molecule is Cl.O=C(CN1CC=C(c2cccc(C(F)(F)F)c2)CC1)c1ccc(-c2ccc(Cl)cc2)cc1. The van der Waals surface area contributed by atoms with E-state index in [0.29, 0.717) is 35.7 Å². The van der Waals surface area contributed by atoms with Crippen LogP contribution in [-0.2, 0) is 6.18 Å². The maximum Gasteiger partial charge on any atom is 0.416 e. The van der Waals surface area contributed by atoms with E-state index >= 15 is 0 Å². The first-order valence-corrected chi connectivity index (χ1v) is 10.7. The van der Waals surface area contributed by atoms with E-state index in [2.05, 4.69) is 0 Å². The van der Waals surface area contributed by atoms with Crippen molar-refractivity contribution in [2.45, 2.75) is 12.6 Å². The molecule has 2 nitrogen and oxygen atoms in total. The molecule has 3 aromatic rings. The third kappa shape index (κ3) is 6.26. The Balaban J connectivity index is 0.00000306. The van der Waals surface area contributed by atoms with Gasteiger partial charge < -0.3 is 0 Å². The molecule has 0 N–H and O–H groups in total. The Labute approximate surface area is 202 Å². The molecular weight excluding hydrogens is 470 g/mol. The Bertz CT molecular complexity index is 1140. The summed E-state index contributed by atoms with van der Waals surface area (Å²) in [6.45, 7) is 1.42. The van der Waals surface area contributed by atoms with Gasteiger partial charge in [0.25, 0.3) is 0 Å². The number of benzene rings is 3. The van der Waals surface area contributed by atoms with Crippen molar-refractivity contribution in [3.63, 3.8) is 0 Å². The summed E-state index contributed by atoms with van der Waals surface area (Å²) in [4.78, 5) is 14.7. The zero-order chi connectivity index (χ0) is 22.7. The molecule has 172 valence electrons. The molecule has 1 aliphatic heterocycles. The van der Waals surface area contributed by atoms with E-state index < -0.39 is 11.7 Å². The molecule has 0 fully saturated rings. The smallest absolute Gasteiger partial charge is 0.293 e. The van der Waals surface area contributed by atoms with Crippen molar-refractivity contribution in [3.05, 3.63) is 101 Å². The summed E-state index contributed by atoms with van der Waals surface area (Å²) >= 11 is 5.93. The number of ketones is 1. The number of carbonyl (C=O) groups excluding carboxylic acids is 1. The molecule has 1 aliphatic rings. The van der Waals surface area contributed by atoms with Crippen LogP contribution in [0.1, 0.15) is 27.9 Å². The van der Waals surface area contributed by atoms with Gasteiger partial charge in [-0.2, -0.15) is 13.2 Å². The number of carbonyl (C=O) groups is 1. The van der Waals surface area contributed by atoms with E-state index in [4.69, 9.17) is 11.6 Å². The number of rotatable bonds is 5. The van der Waals surface area contributed by atoms with Crippen molar-refractivity contribution < 1.29 is 18.0 Å². The summed E-state index contributed by atoms with van der Waals surface area (Å²) < 4.78 is 38.9. The average Bonchev–Trinajstić information content (AvgIpc) is 2.80. The van der Waals surface area contributed by atoms with Crippen LogP contribution in [0.5, 0.6) is 0 Å². The van der Waals surface area contributed by atoms with E-state index in [0.717, 1.165) is 22.8 Å². The Morgan fingerprint density at radius 2 is 1.55 bits per heavy atom. The number of Topliss-reactive ketones (excluding diaryl/α,β-unsaturated/α-hetero) is 1. The van der Waals surface area contributed by atoms with Crippen molar-refractivity contribution in [3.8, 4) is 11.1 Å². The number of hydrogen-bond donors (Lipinski definition) is 0. The standard InChI is InChI=1S/C26H21ClF3NO.ClH/c27-24-10-8-19(9-11-24)18-4-6-21(7-5-18)25(32)17-31-14-12-20(13-15-31)22-2-1-3-23(16-22)26(28,29)30;/h1-12,16H,13-15,17H2;1H. The fraction of sp³-hybridized carbons (Fsp3) is 0.192. The van der Waals surface area contributed by atoms with Crippen LogP contribution in [0.15, 0.2) is 78.9 Å². The lowest BCUT2D eigenvalue weighted by molar-refractivity contribution is -0.137. The second kappa shape index (κ2) is 10.6. The molecule has 0 radical (unpaired) electrons. The molecular formula is C26H22Cl2F3NO. The van der Waals surface area contributed by atoms with Gasteiger partial charge in [0.05, 0.1) is 12.1 Å². The summed E-state index contributed by atoms with van der Waals surface area (Å²) in [6, 6.07) is 20.4. The van der Waals surface area contributed by atoms with Crippen molar-refractivity contribution >= 4 is 35.4 Å². The molecule has 0 amide bonds. The highest BCUT2D eigenvalue weighted by atomic mass is 35.5. The van der Waals surface area contributed by atoms with E-state index in [1.807, 2.05) is 59.5 Å². The second-order valence-corrected chi connectivity index (χ2v) is 8.24. The highest BCUT2D eigenvalue weighted by Gasteiger charge is 2.30. The minimum atomic E-state index is -4.35. The molecule has 0 aliphatic carbocycles. The van der Waals surface area contributed by atoms with Crippen LogP contribution in [0.3, 0.4) is 0 Å². The van der Waals surface area contributed by atoms with Crippen LogP contribution < -0.4 is 0 Å². The minimum absolute atomic E-state index is 0. The zero-order valence-corrected chi connectivity index (χ0v) is 19.2. The van der Waals surface area contributed by atoms with Crippen LogP contribution >= 0.6 is 24.0 Å². The maximum absolute atomic E-state index is 13.0. The van der Waals surface area contributed by atoms with Gasteiger partial charge in [0.15, 0.2) is 5.78 Å². The first kappa shape index (κ1) is 25.0. The van der Waals surface area contributed by atoms with E-state index in [9.17, 15) is 18.0 Å². The third-order valence-electron chi connectivity index (χ3n) is 5.61. The molecule has 7 heteroatoms. The van der Waals surface area contributed by atoms with Gasteiger partial charge in [0.1, 0.15) is 0 Å². The van der Waals surface area contributed by atoms with Gasteiger partial charge in [-0.05, 0) is 52.9 Å². The topological polar surface area (TPSA) is 20.3 Å². The van der Waals surface area contributed by atoms with E-state index in [1.54, 1.807) is 6.07 Å². The first-order chi connectivity index (χ1) is 15.3. The van der Waals surface area contributed by atoms with E-state index in [1.165, 1.54) is 12.1 Å². The largest absolute Gasteiger partial charge is 0.416 e. The molecule has 0 bridgehead atoms. The van der Waals surface area contributed by atoms with Crippen LogP contribution in [0.2, 0.25) is 5.02 Å². The monoisotopic (exact) mass is 491 g/mol. The molecule has 0 atom stereocenters. The molecule has 0 spiro atoms. The third-order valence-corrected chi connectivity index (χ3v) is 5.86. The average molecular weight is 492 g/mol. The predicted molar refractivity (Wildman–Crippen MR) is 129 cm³/mol. The first-order valence-electron chi connectivity index (χ1n) is 10.3. The van der Waals surface area contributed by atoms with Crippen LogP contribution in [0.25, 0.3) is 16.7 Å². The molecule has 0 unspecified atom stereocenters. The van der Waals surface area contributed by atoms with Crippen molar-refractivity contribution in [1.29, 1.82) is 0 Å². The van der Waals surface area contributed by atoms with Crippen LogP contribution in [0.4, 0.5) is 13.2 Å². The Morgan fingerprint density at radius 1 is 0.909 bits per heavy atom. The quantitative estimate of drug-likeness (QED) is 0.346. The lowest BCUT2D eigenvalue weighted by Gasteiger charge is -2.26. The number of alkyl halides is 3. The molecule has 0 saturated carbocycles. The van der Waals surface area contributed by atoms with Crippen LogP contribution in [0, 0.1) is 0 Å². The fourth-order valence-corrected chi connectivity index (χ4v) is 3.92. The molecule has 33 heavy (non-hydrogen) atoms. The Morgan fingerprint density at radius 3 is 2.12 bits per heavy atom. The van der Waals surface area contributed by atoms with Gasteiger partial charge in [-0.15, -0.1) is 12.4 Å². The summed E-state index contributed by atoms with van der Waals surface area (Å²) in [6.07, 6.45) is -1.84. The molecule has 4 rings (SSSR count). The minimum Gasteiger partial charge on any atom is -0.293 e. The van der Waals surface area contributed by atoms with Crippen molar-refractivity contribution in [2.75, 3.05) is 19.6 Å². The number of nitrogens with zero attached hydrogens (tertiary/aromatic N) is 1.